The molecule has 0 saturated carbocycles. The van der Waals surface area contributed by atoms with E-state index < -0.39 is 0 Å². The lowest BCUT2D eigenvalue weighted by Crippen LogP contribution is -2.06. The molecular formula is C17H20FNO. The largest absolute Gasteiger partial charge is 0.491 e. The molecule has 2 aromatic carbocycles. The third kappa shape index (κ3) is 3.73. The molecule has 20 heavy (non-hydrogen) atoms. The zero-order valence-corrected chi connectivity index (χ0v) is 12.1. The Bertz CT molecular complexity index is 564. The number of nitrogens with one attached hydrogen (secondary N) is 1. The highest BCUT2D eigenvalue weighted by Gasteiger charge is 2.03. The Labute approximate surface area is 119 Å². The summed E-state index contributed by atoms with van der Waals surface area (Å²) in [6, 6.07) is 13.0. The molecule has 0 radical (unpaired) electrons. The van der Waals surface area contributed by atoms with Crippen molar-refractivity contribution in [3.05, 3.63) is 59.4 Å². The highest BCUT2D eigenvalue weighted by atomic mass is 19.1. The van der Waals surface area contributed by atoms with Crippen LogP contribution in [-0.4, -0.2) is 6.10 Å². The topological polar surface area (TPSA) is 21.3 Å². The van der Waals surface area contributed by atoms with Gasteiger partial charge in [0.2, 0.25) is 0 Å². The van der Waals surface area contributed by atoms with Gasteiger partial charge in [-0.15, -0.1) is 0 Å². The lowest BCUT2D eigenvalue weighted by Gasteiger charge is -2.12. The second-order valence-electron chi connectivity index (χ2n) is 5.08. The van der Waals surface area contributed by atoms with E-state index in [1.807, 2.05) is 44.2 Å². The molecule has 0 unspecified atom stereocenters. The number of hydrogen-bond acceptors (Lipinski definition) is 2. The second kappa shape index (κ2) is 6.42. The van der Waals surface area contributed by atoms with Crippen molar-refractivity contribution >= 4 is 5.69 Å². The van der Waals surface area contributed by atoms with Gasteiger partial charge in [0.05, 0.1) is 6.10 Å². The minimum atomic E-state index is -0.185. The molecule has 0 aromatic heterocycles. The predicted octanol–water partition coefficient (Wildman–Crippen LogP) is 4.53. The van der Waals surface area contributed by atoms with Crippen molar-refractivity contribution < 1.29 is 9.13 Å². The van der Waals surface area contributed by atoms with Gasteiger partial charge in [0.1, 0.15) is 11.6 Å². The average molecular weight is 273 g/mol. The number of hydrogen-bond donors (Lipinski definition) is 1. The molecule has 0 spiro atoms. The Morgan fingerprint density at radius 1 is 1.10 bits per heavy atom. The van der Waals surface area contributed by atoms with E-state index in [1.165, 1.54) is 6.07 Å². The van der Waals surface area contributed by atoms with Gasteiger partial charge < -0.3 is 10.1 Å². The summed E-state index contributed by atoms with van der Waals surface area (Å²) in [5.74, 6) is 0.682. The van der Waals surface area contributed by atoms with Crippen LogP contribution in [0.4, 0.5) is 10.1 Å². The molecule has 0 heterocycles. The quantitative estimate of drug-likeness (QED) is 0.864. The molecule has 2 rings (SSSR count). The smallest absolute Gasteiger partial charge is 0.128 e. The molecule has 0 aliphatic carbocycles. The number of benzene rings is 2. The third-order valence-electron chi connectivity index (χ3n) is 3.05. The fourth-order valence-corrected chi connectivity index (χ4v) is 1.95. The van der Waals surface area contributed by atoms with Crippen molar-refractivity contribution in [1.29, 1.82) is 0 Å². The fourth-order valence-electron chi connectivity index (χ4n) is 1.95. The Kier molecular flexibility index (Phi) is 4.61. The van der Waals surface area contributed by atoms with E-state index in [-0.39, 0.29) is 11.9 Å². The third-order valence-corrected chi connectivity index (χ3v) is 3.05. The lowest BCUT2D eigenvalue weighted by atomic mass is 10.1. The van der Waals surface area contributed by atoms with E-state index in [1.54, 1.807) is 13.0 Å². The van der Waals surface area contributed by atoms with E-state index in [9.17, 15) is 4.39 Å². The van der Waals surface area contributed by atoms with E-state index in [0.717, 1.165) is 17.0 Å². The summed E-state index contributed by atoms with van der Waals surface area (Å²) >= 11 is 0. The predicted molar refractivity (Wildman–Crippen MR) is 80.7 cm³/mol. The van der Waals surface area contributed by atoms with E-state index in [4.69, 9.17) is 4.74 Å². The zero-order chi connectivity index (χ0) is 14.5. The first kappa shape index (κ1) is 14.4. The van der Waals surface area contributed by atoms with E-state index in [0.29, 0.717) is 12.1 Å². The molecule has 3 heteroatoms. The SMILES string of the molecule is Cc1c(F)cccc1NCc1ccc(OC(C)C)cc1. The van der Waals surface area contributed by atoms with Gasteiger partial charge in [-0.25, -0.2) is 4.39 Å². The average Bonchev–Trinajstić information content (AvgIpc) is 2.41. The fraction of sp³-hybridized carbons (Fsp3) is 0.294. The first-order valence-electron chi connectivity index (χ1n) is 6.81. The number of rotatable bonds is 5. The van der Waals surface area contributed by atoms with Crippen LogP contribution in [-0.2, 0) is 6.54 Å². The minimum Gasteiger partial charge on any atom is -0.491 e. The first-order valence-corrected chi connectivity index (χ1v) is 6.81. The summed E-state index contributed by atoms with van der Waals surface area (Å²) in [6.07, 6.45) is 0.175. The van der Waals surface area contributed by atoms with Gasteiger partial charge in [0.25, 0.3) is 0 Å². The van der Waals surface area contributed by atoms with Crippen molar-refractivity contribution in [2.75, 3.05) is 5.32 Å². The van der Waals surface area contributed by atoms with Crippen LogP contribution in [0.5, 0.6) is 5.75 Å². The normalized spacial score (nSPS) is 10.7. The van der Waals surface area contributed by atoms with Crippen LogP contribution in [0.3, 0.4) is 0 Å². The molecule has 0 atom stereocenters. The Morgan fingerprint density at radius 3 is 2.45 bits per heavy atom. The summed E-state index contributed by atoms with van der Waals surface area (Å²) in [5, 5.41) is 3.25. The van der Waals surface area contributed by atoms with Crippen molar-refractivity contribution in [1.82, 2.24) is 0 Å². The van der Waals surface area contributed by atoms with Crippen molar-refractivity contribution in [3.63, 3.8) is 0 Å². The van der Waals surface area contributed by atoms with E-state index in [2.05, 4.69) is 5.32 Å². The van der Waals surface area contributed by atoms with Crippen LogP contribution in [0.1, 0.15) is 25.0 Å². The molecule has 0 bridgehead atoms. The summed E-state index contributed by atoms with van der Waals surface area (Å²) in [7, 11) is 0. The van der Waals surface area contributed by atoms with Gasteiger partial charge >= 0.3 is 0 Å². The van der Waals surface area contributed by atoms with Gasteiger partial charge in [-0.1, -0.05) is 18.2 Å². The van der Waals surface area contributed by atoms with Crippen LogP contribution in [0.25, 0.3) is 0 Å². The number of anilines is 1. The van der Waals surface area contributed by atoms with Gasteiger partial charge in [-0.2, -0.15) is 0 Å². The second-order valence-corrected chi connectivity index (χ2v) is 5.08. The summed E-state index contributed by atoms with van der Waals surface area (Å²) in [4.78, 5) is 0. The summed E-state index contributed by atoms with van der Waals surface area (Å²) in [5.41, 5.74) is 2.60. The lowest BCUT2D eigenvalue weighted by molar-refractivity contribution is 0.242. The summed E-state index contributed by atoms with van der Waals surface area (Å²) in [6.45, 7) is 6.44. The van der Waals surface area contributed by atoms with Crippen LogP contribution in [0, 0.1) is 12.7 Å². The Balaban J connectivity index is 1.99. The van der Waals surface area contributed by atoms with Crippen molar-refractivity contribution in [2.24, 2.45) is 0 Å². The number of halogens is 1. The van der Waals surface area contributed by atoms with Gasteiger partial charge in [-0.3, -0.25) is 0 Å². The molecule has 2 aromatic rings. The highest BCUT2D eigenvalue weighted by molar-refractivity contribution is 5.51. The van der Waals surface area contributed by atoms with Gasteiger partial charge in [-0.05, 0) is 50.6 Å². The number of ether oxygens (including phenoxy) is 1. The molecule has 1 N–H and O–H groups in total. The summed E-state index contributed by atoms with van der Waals surface area (Å²) < 4.78 is 19.0. The molecule has 106 valence electrons. The van der Waals surface area contributed by atoms with E-state index >= 15 is 0 Å². The molecule has 0 amide bonds. The van der Waals surface area contributed by atoms with Gasteiger partial charge in [0, 0.05) is 17.8 Å². The Hall–Kier alpha value is -2.03. The van der Waals surface area contributed by atoms with Gasteiger partial charge in [0.15, 0.2) is 0 Å². The van der Waals surface area contributed by atoms with Crippen molar-refractivity contribution in [3.8, 4) is 5.75 Å². The van der Waals surface area contributed by atoms with Crippen LogP contribution >= 0.6 is 0 Å². The minimum absolute atomic E-state index is 0.175. The molecule has 0 saturated heterocycles. The molecule has 0 fully saturated rings. The highest BCUT2D eigenvalue weighted by Crippen LogP contribution is 2.19. The van der Waals surface area contributed by atoms with Crippen LogP contribution in [0.2, 0.25) is 0 Å². The molecule has 2 nitrogen and oxygen atoms in total. The van der Waals surface area contributed by atoms with Crippen molar-refractivity contribution in [2.45, 2.75) is 33.4 Å². The monoisotopic (exact) mass is 273 g/mol. The Morgan fingerprint density at radius 2 is 1.80 bits per heavy atom. The molecule has 0 aliphatic rings. The zero-order valence-electron chi connectivity index (χ0n) is 12.1. The maximum absolute atomic E-state index is 13.4. The maximum Gasteiger partial charge on any atom is 0.128 e. The maximum atomic E-state index is 13.4. The van der Waals surface area contributed by atoms with Crippen LogP contribution in [0.15, 0.2) is 42.5 Å². The first-order chi connectivity index (χ1) is 9.56. The standard InChI is InChI=1S/C17H20FNO/c1-12(2)20-15-9-7-14(8-10-15)11-19-17-6-4-5-16(18)13(17)3/h4-10,12,19H,11H2,1-3H3. The molecule has 0 aliphatic heterocycles. The molecular weight excluding hydrogens is 253 g/mol. The van der Waals surface area contributed by atoms with Crippen LogP contribution < -0.4 is 10.1 Å².